The van der Waals surface area contributed by atoms with Crippen LogP contribution in [0.5, 0.6) is 0 Å². The maximum Gasteiger partial charge on any atom is 0.173 e. The summed E-state index contributed by atoms with van der Waals surface area (Å²) in [5, 5.41) is 0.957. The molecule has 77 valence electrons. The van der Waals surface area contributed by atoms with Crippen LogP contribution in [-0.4, -0.2) is 27.4 Å². The lowest BCUT2D eigenvalue weighted by Crippen LogP contribution is -2.12. The quantitative estimate of drug-likeness (QED) is 0.617. The summed E-state index contributed by atoms with van der Waals surface area (Å²) in [7, 11) is -3.12. The molecule has 0 saturated heterocycles. The van der Waals surface area contributed by atoms with E-state index in [0.717, 1.165) is 11.3 Å². The first kappa shape index (κ1) is 11.7. The SMILES string of the molecule is C=CS(=O)(=O)CCOC[C]1[CH][CH][CH][CH]1. The zero-order valence-electron chi connectivity index (χ0n) is 7.85. The fraction of sp³-hybridized carbons (Fsp3) is 0.300. The standard InChI is InChI=1S/C10H13O3S/c1-2-14(11,12)8-7-13-9-10-5-3-4-6-10/h2-6H,1,7-9H2. The molecule has 1 saturated carbocycles. The first-order valence-electron chi connectivity index (χ1n) is 4.27. The molecule has 3 nitrogen and oxygen atoms in total. The van der Waals surface area contributed by atoms with Crippen molar-refractivity contribution in [1.82, 2.24) is 0 Å². The van der Waals surface area contributed by atoms with Crippen LogP contribution in [0, 0.1) is 31.6 Å². The minimum absolute atomic E-state index is 0.00277. The molecule has 1 rings (SSSR count). The van der Waals surface area contributed by atoms with Crippen LogP contribution < -0.4 is 0 Å². The van der Waals surface area contributed by atoms with Crippen molar-refractivity contribution in [3.8, 4) is 0 Å². The van der Waals surface area contributed by atoms with Crippen LogP contribution in [0.1, 0.15) is 0 Å². The highest BCUT2D eigenvalue weighted by Gasteiger charge is 2.16. The lowest BCUT2D eigenvalue weighted by atomic mass is 10.1. The van der Waals surface area contributed by atoms with E-state index in [1.54, 1.807) is 0 Å². The summed E-state index contributed by atoms with van der Waals surface area (Å²) in [6.07, 6.45) is 7.70. The molecule has 1 fully saturated rings. The molecule has 1 aliphatic carbocycles. The van der Waals surface area contributed by atoms with Gasteiger partial charge in [-0.05, 0) is 25.7 Å². The zero-order chi connectivity index (χ0) is 10.4. The van der Waals surface area contributed by atoms with Crippen molar-refractivity contribution in [2.75, 3.05) is 19.0 Å². The van der Waals surface area contributed by atoms with Crippen LogP contribution >= 0.6 is 0 Å². The Labute approximate surface area is 86.1 Å². The van der Waals surface area contributed by atoms with Crippen LogP contribution in [0.2, 0.25) is 0 Å². The summed E-state index contributed by atoms with van der Waals surface area (Å²) in [4.78, 5) is 0. The molecule has 0 aliphatic heterocycles. The fourth-order valence-corrected chi connectivity index (χ4v) is 1.48. The molecule has 0 heterocycles. The van der Waals surface area contributed by atoms with Crippen LogP contribution in [0.15, 0.2) is 12.0 Å². The lowest BCUT2D eigenvalue weighted by molar-refractivity contribution is 0.164. The van der Waals surface area contributed by atoms with E-state index >= 15 is 0 Å². The largest absolute Gasteiger partial charge is 0.380 e. The topological polar surface area (TPSA) is 43.4 Å². The number of sulfone groups is 1. The minimum Gasteiger partial charge on any atom is -0.380 e. The molecule has 0 aromatic carbocycles. The van der Waals surface area contributed by atoms with Crippen LogP contribution in [0.25, 0.3) is 0 Å². The molecule has 14 heavy (non-hydrogen) atoms. The summed E-state index contributed by atoms with van der Waals surface area (Å²) < 4.78 is 27.1. The van der Waals surface area contributed by atoms with Gasteiger partial charge in [0.25, 0.3) is 0 Å². The van der Waals surface area contributed by atoms with E-state index < -0.39 is 9.84 Å². The molecule has 0 aromatic heterocycles. The molecule has 4 heteroatoms. The Balaban J connectivity index is 2.07. The van der Waals surface area contributed by atoms with Gasteiger partial charge in [-0.25, -0.2) is 8.42 Å². The van der Waals surface area contributed by atoms with Gasteiger partial charge in [0.15, 0.2) is 9.84 Å². The number of ether oxygens (including phenoxy) is 1. The van der Waals surface area contributed by atoms with Gasteiger partial charge >= 0.3 is 0 Å². The van der Waals surface area contributed by atoms with Crippen molar-refractivity contribution in [2.24, 2.45) is 0 Å². The predicted octanol–water partition coefficient (Wildman–Crippen LogP) is 0.967. The summed E-state index contributed by atoms with van der Waals surface area (Å²) in [5.41, 5.74) is 0. The average molecular weight is 213 g/mol. The van der Waals surface area contributed by atoms with Gasteiger partial charge in [-0.1, -0.05) is 6.58 Å². The molecule has 0 aromatic rings. The smallest absolute Gasteiger partial charge is 0.173 e. The Hall–Kier alpha value is -0.350. The van der Waals surface area contributed by atoms with Crippen LogP contribution in [0.4, 0.5) is 0 Å². The van der Waals surface area contributed by atoms with E-state index in [4.69, 9.17) is 4.74 Å². The van der Waals surface area contributed by atoms with Gasteiger partial charge in [-0.3, -0.25) is 0 Å². The van der Waals surface area contributed by atoms with Gasteiger partial charge in [0.05, 0.1) is 19.0 Å². The predicted molar refractivity (Wildman–Crippen MR) is 55.2 cm³/mol. The van der Waals surface area contributed by atoms with Gasteiger partial charge in [-0.2, -0.15) is 0 Å². The molecule has 0 amide bonds. The number of rotatable bonds is 6. The van der Waals surface area contributed by atoms with E-state index in [0.29, 0.717) is 6.61 Å². The first-order chi connectivity index (χ1) is 6.64. The summed E-state index contributed by atoms with van der Waals surface area (Å²) in [6.45, 7) is 3.88. The highest BCUT2D eigenvalue weighted by molar-refractivity contribution is 7.94. The zero-order valence-corrected chi connectivity index (χ0v) is 8.66. The van der Waals surface area contributed by atoms with Crippen LogP contribution in [0.3, 0.4) is 0 Å². The molecular weight excluding hydrogens is 200 g/mol. The van der Waals surface area contributed by atoms with Crippen molar-refractivity contribution in [3.63, 3.8) is 0 Å². The number of hydrogen-bond donors (Lipinski definition) is 0. The Kier molecular flexibility index (Phi) is 4.62. The first-order valence-corrected chi connectivity index (χ1v) is 5.99. The lowest BCUT2D eigenvalue weighted by Gasteiger charge is -2.07. The van der Waals surface area contributed by atoms with Crippen LogP contribution in [-0.2, 0) is 14.6 Å². The summed E-state index contributed by atoms with van der Waals surface area (Å²) in [5.74, 6) is 1.05. The van der Waals surface area contributed by atoms with Gasteiger partial charge in [0.2, 0.25) is 0 Å². The fourth-order valence-electron chi connectivity index (χ4n) is 0.959. The third-order valence-corrected chi connectivity index (χ3v) is 3.01. The van der Waals surface area contributed by atoms with Gasteiger partial charge in [0, 0.05) is 11.3 Å². The third kappa shape index (κ3) is 4.24. The van der Waals surface area contributed by atoms with E-state index in [9.17, 15) is 8.42 Å². The van der Waals surface area contributed by atoms with Gasteiger partial charge < -0.3 is 4.74 Å². The van der Waals surface area contributed by atoms with Crippen molar-refractivity contribution < 1.29 is 13.2 Å². The highest BCUT2D eigenvalue weighted by atomic mass is 32.2. The van der Waals surface area contributed by atoms with Crippen molar-refractivity contribution in [3.05, 3.63) is 43.6 Å². The highest BCUT2D eigenvalue weighted by Crippen LogP contribution is 2.22. The molecule has 0 N–H and O–H groups in total. The normalized spacial score (nSPS) is 18.6. The molecule has 0 spiro atoms. The molecular formula is C10H13O3S. The van der Waals surface area contributed by atoms with Crippen molar-refractivity contribution >= 4 is 9.84 Å². The van der Waals surface area contributed by atoms with Gasteiger partial charge in [0.1, 0.15) is 0 Å². The van der Waals surface area contributed by atoms with Gasteiger partial charge in [-0.15, -0.1) is 0 Å². The van der Waals surface area contributed by atoms with Crippen molar-refractivity contribution in [1.29, 1.82) is 0 Å². The number of hydrogen-bond acceptors (Lipinski definition) is 3. The Morgan fingerprint density at radius 1 is 1.36 bits per heavy atom. The van der Waals surface area contributed by atoms with E-state index in [-0.39, 0.29) is 12.4 Å². The molecule has 1 aliphatic rings. The Morgan fingerprint density at radius 2 is 2.00 bits per heavy atom. The van der Waals surface area contributed by atoms with Crippen molar-refractivity contribution in [2.45, 2.75) is 0 Å². The Morgan fingerprint density at radius 3 is 2.57 bits per heavy atom. The third-order valence-electron chi connectivity index (χ3n) is 1.77. The van der Waals surface area contributed by atoms with E-state index in [1.807, 2.05) is 25.7 Å². The second kappa shape index (κ2) is 5.51. The summed E-state index contributed by atoms with van der Waals surface area (Å²) >= 11 is 0. The molecule has 0 unspecified atom stereocenters. The summed E-state index contributed by atoms with van der Waals surface area (Å²) in [6, 6.07) is 0. The monoisotopic (exact) mass is 213 g/mol. The maximum atomic E-state index is 11.0. The maximum absolute atomic E-state index is 11.0. The molecule has 5 radical (unpaired) electrons. The van der Waals surface area contributed by atoms with E-state index in [2.05, 4.69) is 6.58 Å². The minimum atomic E-state index is -3.12. The average Bonchev–Trinajstić information content (AvgIpc) is 2.65. The Bertz CT molecular complexity index is 263. The second-order valence-corrected chi connectivity index (χ2v) is 4.95. The second-order valence-electron chi connectivity index (χ2n) is 2.88. The molecule has 0 atom stereocenters. The van der Waals surface area contributed by atoms with E-state index in [1.165, 1.54) is 0 Å². The molecule has 0 bridgehead atoms.